The summed E-state index contributed by atoms with van der Waals surface area (Å²) >= 11 is 0. The van der Waals surface area contributed by atoms with Crippen LogP contribution in [0.25, 0.3) is 0 Å². The van der Waals surface area contributed by atoms with Crippen molar-refractivity contribution in [2.75, 3.05) is 19.5 Å². The summed E-state index contributed by atoms with van der Waals surface area (Å²) < 4.78 is 25.9. The number of aromatic nitrogens is 2. The molecule has 0 bridgehead atoms. The number of nitrogens with zero attached hydrogens (tertiary/aromatic N) is 3. The van der Waals surface area contributed by atoms with Crippen LogP contribution in [0.4, 0.5) is 10.1 Å². The number of hydrogen-bond acceptors (Lipinski definition) is 5. The van der Waals surface area contributed by atoms with Crippen molar-refractivity contribution in [2.24, 2.45) is 12.0 Å². The van der Waals surface area contributed by atoms with Gasteiger partial charge in [-0.15, -0.1) is 0 Å². The standard InChI is InChI=1S/C23H26FN5O3/c1-14-19(15(2)29(3)28-14)13-25-23(26-18-8-6-7-17(24)12-18)27-22(30)16-9-10-20(31-4)21(11-16)32-5/h6-12H,13H2,1-5H3,(H2,25,26,27,30). The summed E-state index contributed by atoms with van der Waals surface area (Å²) in [6.07, 6.45) is 0. The molecule has 3 rings (SSSR count). The van der Waals surface area contributed by atoms with Crippen LogP contribution in [0.3, 0.4) is 0 Å². The lowest BCUT2D eigenvalue weighted by Gasteiger charge is -2.13. The predicted molar refractivity (Wildman–Crippen MR) is 121 cm³/mol. The molecule has 0 unspecified atom stereocenters. The minimum atomic E-state index is -0.409. The monoisotopic (exact) mass is 439 g/mol. The van der Waals surface area contributed by atoms with E-state index in [0.717, 1.165) is 17.0 Å². The van der Waals surface area contributed by atoms with Crippen molar-refractivity contribution in [3.63, 3.8) is 0 Å². The van der Waals surface area contributed by atoms with Crippen LogP contribution in [0, 0.1) is 19.7 Å². The summed E-state index contributed by atoms with van der Waals surface area (Å²) in [4.78, 5) is 17.4. The summed E-state index contributed by atoms with van der Waals surface area (Å²) in [6, 6.07) is 10.7. The summed E-state index contributed by atoms with van der Waals surface area (Å²) in [5.74, 6) is 0.308. The van der Waals surface area contributed by atoms with Crippen LogP contribution in [0.15, 0.2) is 47.5 Å². The van der Waals surface area contributed by atoms with Crippen LogP contribution in [-0.4, -0.2) is 35.9 Å². The number of aliphatic imine (C=N–C) groups is 1. The Labute approximate surface area is 186 Å². The van der Waals surface area contributed by atoms with E-state index in [0.29, 0.717) is 22.7 Å². The molecule has 0 aliphatic heterocycles. The highest BCUT2D eigenvalue weighted by molar-refractivity contribution is 6.10. The molecule has 0 aliphatic rings. The highest BCUT2D eigenvalue weighted by Gasteiger charge is 2.14. The van der Waals surface area contributed by atoms with Gasteiger partial charge in [-0.1, -0.05) is 6.07 Å². The van der Waals surface area contributed by atoms with Crippen molar-refractivity contribution in [1.82, 2.24) is 15.1 Å². The quantitative estimate of drug-likeness (QED) is 0.453. The Morgan fingerprint density at radius 1 is 1.12 bits per heavy atom. The topological polar surface area (TPSA) is 89.8 Å². The molecule has 168 valence electrons. The number of guanidine groups is 1. The SMILES string of the molecule is COc1ccc(C(=O)NC(=NCc2c(C)nn(C)c2C)Nc2cccc(F)c2)cc1OC. The zero-order valence-corrected chi connectivity index (χ0v) is 18.7. The lowest BCUT2D eigenvalue weighted by molar-refractivity contribution is 0.0976. The molecule has 0 saturated heterocycles. The first-order valence-corrected chi connectivity index (χ1v) is 9.92. The highest BCUT2D eigenvalue weighted by Crippen LogP contribution is 2.27. The van der Waals surface area contributed by atoms with Crippen LogP contribution in [0.2, 0.25) is 0 Å². The van der Waals surface area contributed by atoms with Crippen molar-refractivity contribution >= 4 is 17.6 Å². The number of methoxy groups -OCH3 is 2. The van der Waals surface area contributed by atoms with Gasteiger partial charge in [0.15, 0.2) is 11.5 Å². The van der Waals surface area contributed by atoms with Crippen LogP contribution in [-0.2, 0) is 13.6 Å². The number of halogens is 1. The van der Waals surface area contributed by atoms with E-state index in [9.17, 15) is 9.18 Å². The molecule has 0 spiro atoms. The first kappa shape index (κ1) is 22.8. The second-order valence-electron chi connectivity index (χ2n) is 7.10. The first-order valence-electron chi connectivity index (χ1n) is 9.92. The molecule has 0 fully saturated rings. The Morgan fingerprint density at radius 2 is 1.88 bits per heavy atom. The third-order valence-corrected chi connectivity index (χ3v) is 5.02. The number of nitrogens with one attached hydrogen (secondary N) is 2. The molecule has 0 radical (unpaired) electrons. The Morgan fingerprint density at radius 3 is 2.50 bits per heavy atom. The van der Waals surface area contributed by atoms with Gasteiger partial charge in [-0.05, 0) is 50.2 Å². The van der Waals surface area contributed by atoms with Crippen molar-refractivity contribution in [2.45, 2.75) is 20.4 Å². The van der Waals surface area contributed by atoms with Gasteiger partial charge in [0, 0.05) is 29.6 Å². The normalized spacial score (nSPS) is 11.2. The highest BCUT2D eigenvalue weighted by atomic mass is 19.1. The summed E-state index contributed by atoms with van der Waals surface area (Å²) in [7, 11) is 4.88. The zero-order valence-electron chi connectivity index (χ0n) is 18.7. The van der Waals surface area contributed by atoms with Gasteiger partial charge in [-0.25, -0.2) is 9.38 Å². The number of amides is 1. The fraction of sp³-hybridized carbons (Fsp3) is 0.261. The molecule has 32 heavy (non-hydrogen) atoms. The third-order valence-electron chi connectivity index (χ3n) is 5.02. The zero-order chi connectivity index (χ0) is 23.3. The Bertz CT molecular complexity index is 1160. The number of benzene rings is 2. The van der Waals surface area contributed by atoms with Gasteiger partial charge in [0.05, 0.1) is 26.5 Å². The molecular formula is C23H26FN5O3. The van der Waals surface area contributed by atoms with Crippen molar-refractivity contribution in [3.05, 3.63) is 70.8 Å². The largest absolute Gasteiger partial charge is 0.493 e. The Kier molecular flexibility index (Phi) is 7.09. The Hall–Kier alpha value is -3.88. The van der Waals surface area contributed by atoms with E-state index in [1.807, 2.05) is 20.9 Å². The molecule has 3 aromatic rings. The van der Waals surface area contributed by atoms with Crippen LogP contribution in [0.1, 0.15) is 27.3 Å². The molecule has 8 nitrogen and oxygen atoms in total. The second-order valence-corrected chi connectivity index (χ2v) is 7.10. The van der Waals surface area contributed by atoms with Crippen LogP contribution in [0.5, 0.6) is 11.5 Å². The van der Waals surface area contributed by atoms with E-state index >= 15 is 0 Å². The average Bonchev–Trinajstić information content (AvgIpc) is 3.02. The van der Waals surface area contributed by atoms with Gasteiger partial charge in [-0.2, -0.15) is 5.10 Å². The van der Waals surface area contributed by atoms with E-state index in [-0.39, 0.29) is 12.5 Å². The molecule has 0 atom stereocenters. The molecule has 1 heterocycles. The molecule has 0 aliphatic carbocycles. The minimum absolute atomic E-state index is 0.179. The molecule has 1 aromatic heterocycles. The fourth-order valence-corrected chi connectivity index (χ4v) is 3.17. The lowest BCUT2D eigenvalue weighted by atomic mass is 10.2. The van der Waals surface area contributed by atoms with Crippen LogP contribution >= 0.6 is 0 Å². The van der Waals surface area contributed by atoms with Crippen molar-refractivity contribution in [1.29, 1.82) is 0 Å². The smallest absolute Gasteiger partial charge is 0.258 e. The first-order chi connectivity index (χ1) is 15.3. The summed E-state index contributed by atoms with van der Waals surface area (Å²) in [5.41, 5.74) is 3.58. The predicted octanol–water partition coefficient (Wildman–Crippen LogP) is 3.59. The van der Waals surface area contributed by atoms with Gasteiger partial charge < -0.3 is 14.8 Å². The maximum atomic E-state index is 13.7. The maximum absolute atomic E-state index is 13.7. The minimum Gasteiger partial charge on any atom is -0.493 e. The molecule has 2 aromatic carbocycles. The van der Waals surface area contributed by atoms with Gasteiger partial charge in [-0.3, -0.25) is 14.8 Å². The number of carbonyl (C=O) groups is 1. The summed E-state index contributed by atoms with van der Waals surface area (Å²) in [5, 5.41) is 10.1. The van der Waals surface area contributed by atoms with Gasteiger partial charge in [0.1, 0.15) is 5.82 Å². The average molecular weight is 439 g/mol. The number of aryl methyl sites for hydroxylation is 2. The second kappa shape index (κ2) is 9.95. The molecule has 9 heteroatoms. The van der Waals surface area contributed by atoms with E-state index < -0.39 is 11.7 Å². The van der Waals surface area contributed by atoms with E-state index in [2.05, 4.69) is 20.7 Å². The number of anilines is 1. The fourth-order valence-electron chi connectivity index (χ4n) is 3.17. The number of carbonyl (C=O) groups excluding carboxylic acids is 1. The van der Waals surface area contributed by atoms with Crippen molar-refractivity contribution < 1.29 is 18.7 Å². The third kappa shape index (κ3) is 5.23. The molecule has 1 amide bonds. The number of ether oxygens (including phenoxy) is 2. The summed E-state index contributed by atoms with van der Waals surface area (Å²) in [6.45, 7) is 4.14. The van der Waals surface area contributed by atoms with Crippen molar-refractivity contribution in [3.8, 4) is 11.5 Å². The van der Waals surface area contributed by atoms with Gasteiger partial charge in [0.2, 0.25) is 5.96 Å². The lowest BCUT2D eigenvalue weighted by Crippen LogP contribution is -2.36. The molecule has 0 saturated carbocycles. The molecule has 2 N–H and O–H groups in total. The maximum Gasteiger partial charge on any atom is 0.258 e. The van der Waals surface area contributed by atoms with Gasteiger partial charge in [0.25, 0.3) is 5.91 Å². The Balaban J connectivity index is 1.88. The van der Waals surface area contributed by atoms with Crippen LogP contribution < -0.4 is 20.1 Å². The van der Waals surface area contributed by atoms with E-state index in [1.165, 1.54) is 26.4 Å². The number of rotatable bonds is 6. The van der Waals surface area contributed by atoms with Gasteiger partial charge >= 0.3 is 0 Å². The number of hydrogen-bond donors (Lipinski definition) is 2. The van der Waals surface area contributed by atoms with E-state index in [4.69, 9.17) is 9.47 Å². The van der Waals surface area contributed by atoms with E-state index in [1.54, 1.807) is 35.0 Å². The molecular weight excluding hydrogens is 413 g/mol.